The van der Waals surface area contributed by atoms with Crippen molar-refractivity contribution in [1.29, 1.82) is 5.26 Å². The minimum Gasteiger partial charge on any atom is -0.469 e. The number of nitriles is 1. The molecule has 0 aliphatic heterocycles. The highest BCUT2D eigenvalue weighted by Gasteiger charge is 2.58. The summed E-state index contributed by atoms with van der Waals surface area (Å²) in [6, 6.07) is 2.41. The molecule has 2 saturated carbocycles. The third-order valence-corrected chi connectivity index (χ3v) is 8.94. The van der Waals surface area contributed by atoms with Crippen molar-refractivity contribution >= 4 is 17.6 Å². The molecule has 0 amide bonds. The van der Waals surface area contributed by atoms with Gasteiger partial charge in [0.1, 0.15) is 4.87 Å². The molecule has 28 heavy (non-hydrogen) atoms. The van der Waals surface area contributed by atoms with Crippen LogP contribution in [-0.2, 0) is 9.53 Å². The molecule has 4 heteroatoms. The zero-order valence-electron chi connectivity index (χ0n) is 17.8. The summed E-state index contributed by atoms with van der Waals surface area (Å²) in [4.78, 5) is 11.9. The van der Waals surface area contributed by atoms with Gasteiger partial charge in [-0.3, -0.25) is 4.79 Å². The molecule has 0 aromatic carbocycles. The smallest absolute Gasteiger partial charge is 0.311 e. The summed E-state index contributed by atoms with van der Waals surface area (Å²) in [6.07, 6.45) is 9.58. The summed E-state index contributed by atoms with van der Waals surface area (Å²) in [5.74, 6) is 0.508. The molecule has 0 saturated heterocycles. The van der Waals surface area contributed by atoms with E-state index in [1.54, 1.807) is 0 Å². The van der Waals surface area contributed by atoms with Crippen LogP contribution in [0.1, 0.15) is 72.1 Å². The van der Waals surface area contributed by atoms with Crippen LogP contribution in [0.5, 0.6) is 0 Å². The van der Waals surface area contributed by atoms with E-state index in [0.717, 1.165) is 44.9 Å². The van der Waals surface area contributed by atoms with Gasteiger partial charge in [-0.2, -0.15) is 5.26 Å². The summed E-state index contributed by atoms with van der Waals surface area (Å²) < 4.78 is 5.23. The molecule has 0 aromatic rings. The van der Waals surface area contributed by atoms with Crippen LogP contribution in [-0.4, -0.2) is 18.0 Å². The molecule has 3 rings (SSSR count). The highest BCUT2D eigenvalue weighted by molar-refractivity contribution is 6.26. The zero-order valence-corrected chi connectivity index (χ0v) is 18.6. The predicted molar refractivity (Wildman–Crippen MR) is 113 cm³/mol. The van der Waals surface area contributed by atoms with Crippen LogP contribution in [0.4, 0.5) is 0 Å². The second-order valence-electron chi connectivity index (χ2n) is 9.82. The maximum absolute atomic E-state index is 12.7. The van der Waals surface area contributed by atoms with Gasteiger partial charge in [-0.15, -0.1) is 11.6 Å². The van der Waals surface area contributed by atoms with Crippen LogP contribution in [0.25, 0.3) is 0 Å². The lowest BCUT2D eigenvalue weighted by atomic mass is 9.46. The number of esters is 1. The Morgan fingerprint density at radius 2 is 2.07 bits per heavy atom. The number of rotatable bonds is 3. The Kier molecular flexibility index (Phi) is 5.76. The fourth-order valence-corrected chi connectivity index (χ4v) is 7.16. The first kappa shape index (κ1) is 21.4. The molecular weight excluding hydrogens is 370 g/mol. The molecule has 3 aliphatic carbocycles. The molecule has 0 heterocycles. The van der Waals surface area contributed by atoms with E-state index in [1.165, 1.54) is 18.3 Å². The summed E-state index contributed by atoms with van der Waals surface area (Å²) >= 11 is 6.83. The van der Waals surface area contributed by atoms with Gasteiger partial charge in [0.2, 0.25) is 0 Å². The Bertz CT molecular complexity index is 737. The van der Waals surface area contributed by atoms with Crippen molar-refractivity contribution in [2.45, 2.75) is 77.0 Å². The van der Waals surface area contributed by atoms with E-state index in [2.05, 4.69) is 39.5 Å². The van der Waals surface area contributed by atoms with E-state index in [0.29, 0.717) is 6.42 Å². The topological polar surface area (TPSA) is 50.1 Å². The maximum Gasteiger partial charge on any atom is 0.311 e. The van der Waals surface area contributed by atoms with Crippen LogP contribution in [0.15, 0.2) is 23.8 Å². The van der Waals surface area contributed by atoms with Gasteiger partial charge in [0.15, 0.2) is 0 Å². The number of hydrogen-bond acceptors (Lipinski definition) is 3. The summed E-state index contributed by atoms with van der Waals surface area (Å²) in [5.41, 5.74) is 2.04. The second-order valence-corrected chi connectivity index (χ2v) is 10.5. The molecule has 0 bridgehead atoms. The van der Waals surface area contributed by atoms with E-state index >= 15 is 0 Å². The fourth-order valence-electron chi connectivity index (χ4n) is 6.79. The third-order valence-electron chi connectivity index (χ3n) is 8.41. The van der Waals surface area contributed by atoms with Crippen LogP contribution < -0.4 is 0 Å². The van der Waals surface area contributed by atoms with Gasteiger partial charge >= 0.3 is 5.97 Å². The summed E-state index contributed by atoms with van der Waals surface area (Å²) in [6.45, 7) is 11.0. The Hall–Kier alpha value is -1.27. The first-order valence-electron chi connectivity index (χ1n) is 10.7. The monoisotopic (exact) mass is 403 g/mol. The molecule has 2 unspecified atom stereocenters. The Morgan fingerprint density at radius 3 is 2.71 bits per heavy atom. The number of ether oxygens (including phenoxy) is 1. The first-order chi connectivity index (χ1) is 13.1. The van der Waals surface area contributed by atoms with E-state index in [9.17, 15) is 10.1 Å². The van der Waals surface area contributed by atoms with Gasteiger partial charge in [-0.1, -0.05) is 37.1 Å². The molecule has 154 valence electrons. The van der Waals surface area contributed by atoms with Gasteiger partial charge in [0.25, 0.3) is 0 Å². The normalized spacial score (nSPS) is 43.5. The average molecular weight is 404 g/mol. The number of carbonyl (C=O) groups excluding carboxylic acids is 1. The number of fused-ring (bicyclic) bond motifs is 1. The van der Waals surface area contributed by atoms with Crippen molar-refractivity contribution in [3.8, 4) is 6.07 Å². The molecular formula is C24H34ClNO2. The highest BCUT2D eigenvalue weighted by Crippen LogP contribution is 2.63. The number of hydrogen-bond donors (Lipinski definition) is 0. The quantitative estimate of drug-likeness (QED) is 0.321. The number of alkyl halides is 1. The lowest BCUT2D eigenvalue weighted by Crippen LogP contribution is -2.54. The van der Waals surface area contributed by atoms with E-state index in [-0.39, 0.29) is 29.1 Å². The number of methoxy groups -OCH3 is 1. The van der Waals surface area contributed by atoms with Crippen molar-refractivity contribution < 1.29 is 9.53 Å². The standard InChI is InChI=1S/C24H34ClNO2/c1-16-8-6-13-24(25,15-26)19(16)14-18-17(2)9-10-20-22(18,3)11-7-12-23(20,4)21(27)28-5/h8,18-20H,2,6-7,9-14H2,1,3-5H3/t18-,19?,20+,22+,23-,24?/m0/s1. The van der Waals surface area contributed by atoms with Crippen LogP contribution in [0, 0.1) is 39.9 Å². The van der Waals surface area contributed by atoms with Crippen molar-refractivity contribution in [1.82, 2.24) is 0 Å². The SMILES string of the molecule is C=C1CC[C@@H]2[C@](C)(CCC[C@]2(C)C(=O)OC)[C@H]1CC1C(C)=CCCC1(Cl)C#N. The minimum absolute atomic E-state index is 0.0124. The summed E-state index contributed by atoms with van der Waals surface area (Å²) in [7, 11) is 1.50. The fraction of sp³-hybridized carbons (Fsp3) is 0.750. The van der Waals surface area contributed by atoms with Gasteiger partial charge < -0.3 is 4.74 Å². The number of carbonyl (C=O) groups is 1. The number of halogens is 1. The molecule has 6 atom stereocenters. The van der Waals surface area contributed by atoms with Crippen molar-refractivity contribution in [2.24, 2.45) is 28.6 Å². The molecule has 0 aromatic heterocycles. The largest absolute Gasteiger partial charge is 0.469 e. The average Bonchev–Trinajstić information content (AvgIpc) is 2.65. The van der Waals surface area contributed by atoms with Crippen LogP contribution in [0.2, 0.25) is 0 Å². The highest BCUT2D eigenvalue weighted by atomic mass is 35.5. The minimum atomic E-state index is -0.831. The van der Waals surface area contributed by atoms with Gasteiger partial charge in [0, 0.05) is 5.92 Å². The predicted octanol–water partition coefficient (Wildman–Crippen LogP) is 6.19. The van der Waals surface area contributed by atoms with Crippen molar-refractivity contribution in [2.75, 3.05) is 7.11 Å². The Morgan fingerprint density at radius 1 is 1.36 bits per heavy atom. The van der Waals surface area contributed by atoms with Gasteiger partial charge in [-0.25, -0.2) is 0 Å². The number of nitrogens with zero attached hydrogens (tertiary/aromatic N) is 1. The van der Waals surface area contributed by atoms with Crippen molar-refractivity contribution in [3.05, 3.63) is 23.8 Å². The molecule has 0 radical (unpaired) electrons. The molecule has 0 spiro atoms. The van der Waals surface area contributed by atoms with E-state index < -0.39 is 10.3 Å². The lowest BCUT2D eigenvalue weighted by Gasteiger charge is -2.58. The summed E-state index contributed by atoms with van der Waals surface area (Å²) in [5, 5.41) is 9.83. The van der Waals surface area contributed by atoms with Crippen LogP contribution >= 0.6 is 11.6 Å². The Balaban J connectivity index is 1.97. The molecule has 3 nitrogen and oxygen atoms in total. The Labute approximate surface area is 175 Å². The lowest BCUT2D eigenvalue weighted by molar-refractivity contribution is -0.168. The van der Waals surface area contributed by atoms with E-state index in [1.807, 2.05) is 0 Å². The number of allylic oxidation sites excluding steroid dienone is 3. The maximum atomic E-state index is 12.7. The molecule has 2 fully saturated rings. The van der Waals surface area contributed by atoms with E-state index in [4.69, 9.17) is 16.3 Å². The van der Waals surface area contributed by atoms with Gasteiger partial charge in [0.05, 0.1) is 18.6 Å². The molecule has 0 N–H and O–H groups in total. The first-order valence-corrected chi connectivity index (χ1v) is 11.0. The second kappa shape index (κ2) is 7.52. The van der Waals surface area contributed by atoms with Crippen LogP contribution in [0.3, 0.4) is 0 Å². The zero-order chi connectivity index (χ0) is 20.7. The third kappa shape index (κ3) is 3.22. The molecule has 3 aliphatic rings. The van der Waals surface area contributed by atoms with Crippen molar-refractivity contribution in [3.63, 3.8) is 0 Å². The van der Waals surface area contributed by atoms with Gasteiger partial charge in [-0.05, 0) is 76.0 Å².